The van der Waals surface area contributed by atoms with Crippen LogP contribution in [0.25, 0.3) is 0 Å². The van der Waals surface area contributed by atoms with Gasteiger partial charge < -0.3 is 92.4 Å². The number of carboxylic acid groups (broad SMARTS) is 1. The molecule has 4 aromatic rings. The summed E-state index contributed by atoms with van der Waals surface area (Å²) in [6.07, 6.45) is 9.32. The molecule has 4 bridgehead atoms. The number of furan rings is 2. The first-order valence-electron chi connectivity index (χ1n) is 29.6. The lowest BCUT2D eigenvalue weighted by molar-refractivity contribution is -0.946. The number of piperidine rings is 6. The third kappa shape index (κ3) is 20.4. The fraction of sp³-hybridized carbons (Fsp3) is 0.603. The molecule has 466 valence electrons. The van der Waals surface area contributed by atoms with Gasteiger partial charge in [0.1, 0.15) is 36.1 Å². The molecule has 0 radical (unpaired) electrons. The van der Waals surface area contributed by atoms with Crippen LogP contribution in [0, 0.1) is 25.7 Å². The first-order chi connectivity index (χ1) is 40.1. The van der Waals surface area contributed by atoms with Gasteiger partial charge in [-0.05, 0) is 126 Å². The summed E-state index contributed by atoms with van der Waals surface area (Å²) in [6.45, 7) is 17.7. The zero-order valence-corrected chi connectivity index (χ0v) is 52.3. The molecule has 0 saturated carbocycles. The quantitative estimate of drug-likeness (QED) is 0.0222. The van der Waals surface area contributed by atoms with Crippen LogP contribution in [-0.2, 0) is 59.3 Å². The number of esters is 2. The fourth-order valence-corrected chi connectivity index (χ4v) is 12.2. The van der Waals surface area contributed by atoms with Crippen molar-refractivity contribution in [3.63, 3.8) is 0 Å². The number of rotatable bonds is 28. The van der Waals surface area contributed by atoms with E-state index >= 15 is 0 Å². The van der Waals surface area contributed by atoms with Gasteiger partial charge in [0.05, 0.1) is 94.0 Å². The second-order valence-corrected chi connectivity index (χ2v) is 22.3. The molecule has 0 N–H and O–H groups in total. The van der Waals surface area contributed by atoms with Gasteiger partial charge in [-0.1, -0.05) is 12.1 Å². The highest BCUT2D eigenvalue weighted by atomic mass is 79.9. The number of carbonyl (C=O) groups excluding carboxylic acids is 5. The van der Waals surface area contributed by atoms with Crippen LogP contribution in [0.5, 0.6) is 23.0 Å². The molecule has 20 nitrogen and oxygen atoms in total. The van der Waals surface area contributed by atoms with Crippen molar-refractivity contribution in [3.8, 4) is 23.0 Å². The number of methoxy groups -OCH3 is 4. The number of carbonyl (C=O) groups is 5. The van der Waals surface area contributed by atoms with Crippen LogP contribution in [-0.4, -0.2) is 169 Å². The maximum atomic E-state index is 13.6. The Kier molecular flexibility index (Phi) is 28.1. The summed E-state index contributed by atoms with van der Waals surface area (Å²) < 4.78 is 57.8. The molecule has 21 heteroatoms. The van der Waals surface area contributed by atoms with Crippen molar-refractivity contribution in [2.24, 2.45) is 11.8 Å². The Labute approximate surface area is 506 Å². The molecule has 6 saturated heterocycles. The van der Waals surface area contributed by atoms with Crippen molar-refractivity contribution >= 4 is 30.6 Å². The van der Waals surface area contributed by atoms with Crippen molar-refractivity contribution < 1.29 is 102 Å². The van der Waals surface area contributed by atoms with Gasteiger partial charge in [-0.25, -0.2) is 9.59 Å². The average Bonchev–Trinajstić information content (AvgIpc) is 4.13. The highest BCUT2D eigenvalue weighted by Crippen LogP contribution is 2.38. The van der Waals surface area contributed by atoms with Crippen molar-refractivity contribution in [2.75, 3.05) is 107 Å². The number of fused-ring (bicyclic) bond motifs is 6. The van der Waals surface area contributed by atoms with Crippen LogP contribution in [0.4, 0.5) is 9.59 Å². The molecule has 0 unspecified atom stereocenters. The van der Waals surface area contributed by atoms with E-state index in [0.717, 1.165) is 147 Å². The number of hydrogen-bond donors (Lipinski definition) is 0. The molecule has 6 fully saturated rings. The number of halogens is 1. The van der Waals surface area contributed by atoms with Gasteiger partial charge in [-0.15, -0.1) is 0 Å². The van der Waals surface area contributed by atoms with E-state index in [1.54, 1.807) is 38.2 Å². The summed E-state index contributed by atoms with van der Waals surface area (Å²) in [5, 5.41) is 8.25. The number of aryl methyl sites for hydroxylation is 2. The fourth-order valence-electron chi connectivity index (χ4n) is 12.2. The summed E-state index contributed by atoms with van der Waals surface area (Å²) >= 11 is 0. The summed E-state index contributed by atoms with van der Waals surface area (Å²) in [7, 11) is 6.47. The van der Waals surface area contributed by atoms with Crippen LogP contribution >= 0.6 is 0 Å². The lowest BCUT2D eigenvalue weighted by Crippen LogP contribution is -3.00. The van der Waals surface area contributed by atoms with Crippen molar-refractivity contribution in [1.29, 1.82) is 0 Å². The minimum absolute atomic E-state index is 0. The van der Waals surface area contributed by atoms with Crippen molar-refractivity contribution in [3.05, 3.63) is 94.8 Å². The van der Waals surface area contributed by atoms with Gasteiger partial charge in [0.25, 0.3) is 0 Å². The van der Waals surface area contributed by atoms with E-state index in [0.29, 0.717) is 99.9 Å². The second-order valence-electron chi connectivity index (χ2n) is 22.3. The molecule has 6 aliphatic heterocycles. The van der Waals surface area contributed by atoms with Crippen LogP contribution < -0.4 is 41.0 Å². The number of ether oxygens (including phenoxy) is 8. The Balaban J connectivity index is 0.000000290. The molecule has 8 heterocycles. The third-order valence-corrected chi connectivity index (χ3v) is 16.8. The Morgan fingerprint density at radius 1 is 0.571 bits per heavy atom. The summed E-state index contributed by atoms with van der Waals surface area (Å²) in [5.41, 5.74) is 2.09. The molecule has 0 spiro atoms. The lowest BCUT2D eigenvalue weighted by atomic mass is 9.83. The van der Waals surface area contributed by atoms with Gasteiger partial charge in [-0.3, -0.25) is 9.59 Å². The van der Waals surface area contributed by atoms with Gasteiger partial charge in [-0.2, -0.15) is 0 Å². The number of benzene rings is 2. The number of unbranched alkanes of at least 4 members (excludes halogenated alkanes) is 2. The summed E-state index contributed by atoms with van der Waals surface area (Å²) in [4.78, 5) is 62.4. The number of amides is 2. The van der Waals surface area contributed by atoms with E-state index in [2.05, 4.69) is 0 Å². The van der Waals surface area contributed by atoms with E-state index in [4.69, 9.17) is 56.6 Å². The normalized spacial score (nSPS) is 20.7. The first kappa shape index (κ1) is 68.3. The van der Waals surface area contributed by atoms with Gasteiger partial charge in [0, 0.05) is 69.9 Å². The predicted octanol–water partition coefficient (Wildman–Crippen LogP) is 5.63. The van der Waals surface area contributed by atoms with Gasteiger partial charge in [0.2, 0.25) is 0 Å². The van der Waals surface area contributed by atoms with Gasteiger partial charge in [0.15, 0.2) is 35.2 Å². The molecule has 2 atom stereocenters. The Morgan fingerprint density at radius 2 is 0.940 bits per heavy atom. The molecule has 6 aliphatic rings. The van der Waals surface area contributed by atoms with Crippen molar-refractivity contribution in [2.45, 2.75) is 130 Å². The largest absolute Gasteiger partial charge is 1.00 e. The van der Waals surface area contributed by atoms with Crippen LogP contribution in [0.2, 0.25) is 0 Å². The van der Waals surface area contributed by atoms with E-state index in [1.807, 2.05) is 88.4 Å². The highest BCUT2D eigenvalue weighted by Gasteiger charge is 2.49. The molecule has 2 amide bonds. The monoisotopic (exact) mass is 1240 g/mol. The SMILES string of the molecule is CCOC(=O)CCCC[N+]12CCC(CC1)[C@@H](OC(=O)N(CCc1ccc(OC)c(OC)c1)Cc1ccc(C)o1)C2.CCOC(=O)CCCC[N+]12CCC(CC1)[C@@H](OC(=O)N(CCc1ccc(OC)c(OC)c1)Cc1ccc(C)o1)C2.O=C[O-].[Br-]. The predicted molar refractivity (Wildman–Crippen MR) is 307 cm³/mol. The van der Waals surface area contributed by atoms with E-state index < -0.39 is 6.47 Å². The third-order valence-electron chi connectivity index (χ3n) is 16.8. The lowest BCUT2D eigenvalue weighted by Gasteiger charge is -2.52. The van der Waals surface area contributed by atoms with E-state index in [9.17, 15) is 19.2 Å². The number of nitrogens with zero attached hydrogens (tertiary/aromatic N) is 4. The standard InChI is InChI=1S/2C31H45N2O7.CH2O2.BrH/c2*1-5-38-30(34)8-6-7-17-33-18-14-25(15-19-33)29(22-33)40-31(35)32(21-26-11-9-23(2)39-26)16-13-24-10-12-27(36-3)28(20-24)37-4;2-1-3;/h2*9-12,20,25,29H,5-8,13-19,21-22H2,1-4H3;1H,(H,2,3);1H/q2*+1;;/p-2/t2*25?,29-,33?;;/m00../s1. The average molecular weight is 1240 g/mol. The van der Waals surface area contributed by atoms with Gasteiger partial charge >= 0.3 is 24.1 Å². The van der Waals surface area contributed by atoms with E-state index in [-0.39, 0.29) is 53.3 Å². The smallest absolute Gasteiger partial charge is 0.410 e. The van der Waals surface area contributed by atoms with E-state index in [1.165, 1.54) is 0 Å². The summed E-state index contributed by atoms with van der Waals surface area (Å²) in [5.74, 6) is 6.36. The highest BCUT2D eigenvalue weighted by molar-refractivity contribution is 5.70. The molecular formula is C63H91BrN4O16. The minimum Gasteiger partial charge on any atom is -1.00 e. The summed E-state index contributed by atoms with van der Waals surface area (Å²) in [6, 6.07) is 19.3. The molecular weight excluding hydrogens is 1150 g/mol. The second kappa shape index (κ2) is 34.5. The van der Waals surface area contributed by atoms with Crippen LogP contribution in [0.3, 0.4) is 0 Å². The number of quaternary nitrogens is 2. The van der Waals surface area contributed by atoms with Crippen molar-refractivity contribution in [1.82, 2.24) is 9.80 Å². The number of hydrogen-bond acceptors (Lipinski definition) is 16. The Morgan fingerprint density at radius 3 is 1.26 bits per heavy atom. The molecule has 2 aromatic heterocycles. The molecule has 84 heavy (non-hydrogen) atoms. The minimum atomic E-state index is -0.500. The van der Waals surface area contributed by atoms with Crippen LogP contribution in [0.1, 0.15) is 112 Å². The van der Waals surface area contributed by atoms with Crippen LogP contribution in [0.15, 0.2) is 69.5 Å². The first-order valence-corrected chi connectivity index (χ1v) is 29.6. The topological polar surface area (TPSA) is 215 Å². The Hall–Kier alpha value is -6.45. The maximum Gasteiger partial charge on any atom is 0.410 e. The molecule has 2 aromatic carbocycles. The maximum absolute atomic E-state index is 13.6. The molecule has 0 aliphatic carbocycles. The zero-order valence-electron chi connectivity index (χ0n) is 50.7. The molecule has 10 rings (SSSR count). The Bertz CT molecular complexity index is 2490. The zero-order chi connectivity index (χ0) is 59.8.